The predicted molar refractivity (Wildman–Crippen MR) is 70.1 cm³/mol. The topological polar surface area (TPSA) is 29.5 Å². The summed E-state index contributed by atoms with van der Waals surface area (Å²) in [5, 5.41) is 0. The van der Waals surface area contributed by atoms with Crippen LogP contribution in [0.15, 0.2) is 0 Å². The minimum absolute atomic E-state index is 0.0973. The minimum Gasteiger partial charge on any atom is -0.377 e. The molecule has 1 rings (SSSR count). The Labute approximate surface area is 106 Å². The largest absolute Gasteiger partial charge is 0.377 e. The molecule has 17 heavy (non-hydrogen) atoms. The van der Waals surface area contributed by atoms with Crippen LogP contribution in [0.2, 0.25) is 0 Å². The summed E-state index contributed by atoms with van der Waals surface area (Å²) >= 11 is 0. The van der Waals surface area contributed by atoms with E-state index in [4.69, 9.17) is 4.74 Å². The fraction of sp³-hybridized carbons (Fsp3) is 0.929. The van der Waals surface area contributed by atoms with Crippen molar-refractivity contribution in [1.82, 2.24) is 4.90 Å². The molecule has 1 aliphatic rings. The Morgan fingerprint density at radius 3 is 2.59 bits per heavy atom. The van der Waals surface area contributed by atoms with Crippen molar-refractivity contribution >= 4 is 5.78 Å². The fourth-order valence-electron chi connectivity index (χ4n) is 2.43. The molecular weight excluding hydrogens is 214 g/mol. The monoisotopic (exact) mass is 241 g/mol. The number of nitrogens with zero attached hydrogens (tertiary/aromatic N) is 1. The lowest BCUT2D eigenvalue weighted by Gasteiger charge is -2.22. The lowest BCUT2D eigenvalue weighted by Crippen LogP contribution is -2.33. The number of rotatable bonds is 6. The molecule has 0 aromatic carbocycles. The summed E-state index contributed by atoms with van der Waals surface area (Å²) in [5.74, 6) is 0.670. The van der Waals surface area contributed by atoms with Gasteiger partial charge in [0.25, 0.3) is 0 Å². The van der Waals surface area contributed by atoms with E-state index in [1.165, 1.54) is 0 Å². The fourth-order valence-corrected chi connectivity index (χ4v) is 2.43. The number of Topliss-reactive ketones (excluding diaryl/α,β-unsaturated/α-hetero) is 1. The van der Waals surface area contributed by atoms with Crippen LogP contribution in [0.25, 0.3) is 0 Å². The SMILES string of the molecule is CC(C)OCCN(C)CC1CCC(C)(C)C1=O. The van der Waals surface area contributed by atoms with Crippen LogP contribution < -0.4 is 0 Å². The van der Waals surface area contributed by atoms with Gasteiger partial charge in [-0.25, -0.2) is 0 Å². The zero-order valence-corrected chi connectivity index (χ0v) is 12.0. The molecule has 0 bridgehead atoms. The van der Waals surface area contributed by atoms with Crippen molar-refractivity contribution < 1.29 is 9.53 Å². The van der Waals surface area contributed by atoms with Crippen LogP contribution in [-0.2, 0) is 9.53 Å². The van der Waals surface area contributed by atoms with Crippen molar-refractivity contribution in [3.63, 3.8) is 0 Å². The Bertz CT molecular complexity index is 261. The molecule has 0 saturated heterocycles. The molecule has 1 fully saturated rings. The highest BCUT2D eigenvalue weighted by Gasteiger charge is 2.40. The summed E-state index contributed by atoms with van der Waals surface area (Å²) in [6.45, 7) is 10.8. The van der Waals surface area contributed by atoms with Crippen LogP contribution in [-0.4, -0.2) is 43.5 Å². The van der Waals surface area contributed by atoms with Crippen molar-refractivity contribution in [3.8, 4) is 0 Å². The molecule has 1 aliphatic carbocycles. The molecule has 3 nitrogen and oxygen atoms in total. The third-order valence-electron chi connectivity index (χ3n) is 3.61. The van der Waals surface area contributed by atoms with Crippen molar-refractivity contribution in [1.29, 1.82) is 0 Å². The van der Waals surface area contributed by atoms with E-state index in [-0.39, 0.29) is 17.4 Å². The maximum atomic E-state index is 12.1. The normalized spacial score (nSPS) is 23.9. The third kappa shape index (κ3) is 4.40. The molecule has 0 radical (unpaired) electrons. The Hall–Kier alpha value is -0.410. The van der Waals surface area contributed by atoms with Crippen LogP contribution >= 0.6 is 0 Å². The van der Waals surface area contributed by atoms with E-state index < -0.39 is 0 Å². The van der Waals surface area contributed by atoms with E-state index in [0.29, 0.717) is 5.78 Å². The summed E-state index contributed by atoms with van der Waals surface area (Å²) in [4.78, 5) is 14.3. The molecule has 0 aliphatic heterocycles. The van der Waals surface area contributed by atoms with E-state index in [1.54, 1.807) is 0 Å². The first-order valence-corrected chi connectivity index (χ1v) is 6.67. The maximum Gasteiger partial charge on any atom is 0.142 e. The van der Waals surface area contributed by atoms with Crippen molar-refractivity contribution in [2.24, 2.45) is 11.3 Å². The van der Waals surface area contributed by atoms with Crippen LogP contribution in [0.4, 0.5) is 0 Å². The molecule has 0 aromatic heterocycles. The molecule has 1 atom stereocenters. The van der Waals surface area contributed by atoms with Crippen LogP contribution in [0.1, 0.15) is 40.5 Å². The highest BCUT2D eigenvalue weighted by Crippen LogP contribution is 2.37. The zero-order valence-electron chi connectivity index (χ0n) is 12.0. The van der Waals surface area contributed by atoms with Crippen molar-refractivity contribution in [2.45, 2.75) is 46.6 Å². The van der Waals surface area contributed by atoms with Crippen LogP contribution in [0, 0.1) is 11.3 Å². The Kier molecular flexibility index (Phi) is 5.14. The van der Waals surface area contributed by atoms with Crippen molar-refractivity contribution in [2.75, 3.05) is 26.7 Å². The standard InChI is InChI=1S/C14H27NO2/c1-11(2)17-9-8-15(5)10-12-6-7-14(3,4)13(12)16/h11-12H,6-10H2,1-5H3. The molecule has 3 heteroatoms. The van der Waals surface area contributed by atoms with Crippen LogP contribution in [0.3, 0.4) is 0 Å². The molecule has 0 N–H and O–H groups in total. The average molecular weight is 241 g/mol. The van der Waals surface area contributed by atoms with Gasteiger partial charge in [0.15, 0.2) is 0 Å². The molecule has 1 unspecified atom stereocenters. The highest BCUT2D eigenvalue weighted by atomic mass is 16.5. The minimum atomic E-state index is -0.0973. The number of carbonyl (C=O) groups is 1. The molecule has 100 valence electrons. The number of hydrogen-bond donors (Lipinski definition) is 0. The van der Waals surface area contributed by atoms with Gasteiger partial charge in [-0.15, -0.1) is 0 Å². The molecule has 0 amide bonds. The van der Waals surface area contributed by atoms with Gasteiger partial charge in [0.05, 0.1) is 12.7 Å². The van der Waals surface area contributed by atoms with Crippen LogP contribution in [0.5, 0.6) is 0 Å². The Balaban J connectivity index is 2.28. The smallest absolute Gasteiger partial charge is 0.142 e. The van der Waals surface area contributed by atoms with Gasteiger partial charge in [-0.1, -0.05) is 13.8 Å². The number of hydrogen-bond acceptors (Lipinski definition) is 3. The van der Waals surface area contributed by atoms with Gasteiger partial charge < -0.3 is 9.64 Å². The van der Waals surface area contributed by atoms with E-state index in [1.807, 2.05) is 13.8 Å². The lowest BCUT2D eigenvalue weighted by atomic mass is 9.89. The second-order valence-corrected chi connectivity index (χ2v) is 6.17. The molecular formula is C14H27NO2. The van der Waals surface area contributed by atoms with E-state index >= 15 is 0 Å². The molecule has 1 saturated carbocycles. The number of ketones is 1. The Morgan fingerprint density at radius 1 is 1.47 bits per heavy atom. The summed E-state index contributed by atoms with van der Waals surface area (Å²) in [7, 11) is 2.07. The third-order valence-corrected chi connectivity index (χ3v) is 3.61. The van der Waals surface area contributed by atoms with Gasteiger partial charge in [0.2, 0.25) is 0 Å². The van der Waals surface area contributed by atoms with Crippen molar-refractivity contribution in [3.05, 3.63) is 0 Å². The summed E-state index contributed by atoms with van der Waals surface area (Å²) in [6, 6.07) is 0. The predicted octanol–water partition coefficient (Wildman–Crippen LogP) is 2.35. The van der Waals surface area contributed by atoms with E-state index in [2.05, 4.69) is 25.8 Å². The van der Waals surface area contributed by atoms with Gasteiger partial charge in [0, 0.05) is 24.4 Å². The number of likely N-dealkylation sites (N-methyl/N-ethyl adjacent to an activating group) is 1. The summed E-state index contributed by atoms with van der Waals surface area (Å²) in [6.07, 6.45) is 2.36. The van der Waals surface area contributed by atoms with Gasteiger partial charge in [-0.3, -0.25) is 4.79 Å². The second kappa shape index (κ2) is 5.96. The number of ether oxygens (including phenoxy) is 1. The zero-order chi connectivity index (χ0) is 13.1. The quantitative estimate of drug-likeness (QED) is 0.715. The lowest BCUT2D eigenvalue weighted by molar-refractivity contribution is -0.127. The first kappa shape index (κ1) is 14.7. The van der Waals surface area contributed by atoms with Gasteiger partial charge in [-0.2, -0.15) is 0 Å². The summed E-state index contributed by atoms with van der Waals surface area (Å²) in [5.41, 5.74) is -0.0973. The second-order valence-electron chi connectivity index (χ2n) is 6.17. The highest BCUT2D eigenvalue weighted by molar-refractivity contribution is 5.88. The summed E-state index contributed by atoms with van der Waals surface area (Å²) < 4.78 is 5.52. The molecule has 0 spiro atoms. The average Bonchev–Trinajstić information content (AvgIpc) is 2.45. The van der Waals surface area contributed by atoms with Gasteiger partial charge >= 0.3 is 0 Å². The van der Waals surface area contributed by atoms with E-state index in [0.717, 1.165) is 32.5 Å². The maximum absolute atomic E-state index is 12.1. The van der Waals surface area contributed by atoms with Gasteiger partial charge in [-0.05, 0) is 33.7 Å². The first-order valence-electron chi connectivity index (χ1n) is 6.67. The van der Waals surface area contributed by atoms with Gasteiger partial charge in [0.1, 0.15) is 5.78 Å². The molecule has 0 heterocycles. The van der Waals surface area contributed by atoms with E-state index in [9.17, 15) is 4.79 Å². The first-order chi connectivity index (χ1) is 7.83. The molecule has 0 aromatic rings. The number of carbonyl (C=O) groups excluding carboxylic acids is 1. The Morgan fingerprint density at radius 2 is 2.12 bits per heavy atom.